The molecule has 21 heavy (non-hydrogen) atoms. The summed E-state index contributed by atoms with van der Waals surface area (Å²) in [6.45, 7) is 1.50. The number of hydrogen-bond donors (Lipinski definition) is 1. The fourth-order valence-corrected chi connectivity index (χ4v) is 3.01. The summed E-state index contributed by atoms with van der Waals surface area (Å²) in [5.41, 5.74) is 0.605. The van der Waals surface area contributed by atoms with Gasteiger partial charge in [-0.2, -0.15) is 0 Å². The zero-order valence-corrected chi connectivity index (χ0v) is 13.3. The van der Waals surface area contributed by atoms with E-state index < -0.39 is 0 Å². The van der Waals surface area contributed by atoms with E-state index in [-0.39, 0.29) is 17.9 Å². The third-order valence-corrected chi connectivity index (χ3v) is 4.49. The molecule has 1 aromatic heterocycles. The van der Waals surface area contributed by atoms with Gasteiger partial charge in [-0.15, -0.1) is 0 Å². The number of nitrogens with zero attached hydrogens (tertiary/aromatic N) is 2. The van der Waals surface area contributed by atoms with Crippen molar-refractivity contribution in [2.24, 2.45) is 5.92 Å². The van der Waals surface area contributed by atoms with E-state index in [4.69, 9.17) is 0 Å². The van der Waals surface area contributed by atoms with Crippen LogP contribution >= 0.6 is 15.9 Å². The Morgan fingerprint density at radius 2 is 1.95 bits per heavy atom. The minimum absolute atomic E-state index is 0.0786. The van der Waals surface area contributed by atoms with Gasteiger partial charge < -0.3 is 10.2 Å². The third kappa shape index (κ3) is 3.61. The molecule has 0 atom stereocenters. The SMILES string of the molecule is O=C(NC1CCN(C(=O)C2CC2)CC1)c1ccnc(Br)c1. The number of carbonyl (C=O) groups excluding carboxylic acids is 2. The second-order valence-electron chi connectivity index (χ2n) is 5.71. The molecular weight excluding hydrogens is 334 g/mol. The van der Waals surface area contributed by atoms with Crippen molar-refractivity contribution in [3.8, 4) is 0 Å². The van der Waals surface area contributed by atoms with Crippen molar-refractivity contribution in [3.05, 3.63) is 28.5 Å². The topological polar surface area (TPSA) is 62.3 Å². The van der Waals surface area contributed by atoms with Crippen LogP contribution in [0.15, 0.2) is 22.9 Å². The van der Waals surface area contributed by atoms with E-state index in [2.05, 4.69) is 26.2 Å². The van der Waals surface area contributed by atoms with Gasteiger partial charge in [0.25, 0.3) is 5.91 Å². The van der Waals surface area contributed by atoms with Crippen molar-refractivity contribution in [1.82, 2.24) is 15.2 Å². The van der Waals surface area contributed by atoms with Crippen LogP contribution in [0.3, 0.4) is 0 Å². The second kappa shape index (κ2) is 6.13. The first kappa shape index (κ1) is 14.5. The first-order chi connectivity index (χ1) is 10.1. The fourth-order valence-electron chi connectivity index (χ4n) is 2.65. The summed E-state index contributed by atoms with van der Waals surface area (Å²) in [5, 5.41) is 3.04. The molecule has 1 N–H and O–H groups in total. The molecule has 1 aliphatic heterocycles. The highest BCUT2D eigenvalue weighted by Crippen LogP contribution is 2.31. The second-order valence-corrected chi connectivity index (χ2v) is 6.53. The van der Waals surface area contributed by atoms with E-state index in [1.165, 1.54) is 0 Å². The van der Waals surface area contributed by atoms with E-state index in [0.717, 1.165) is 38.8 Å². The summed E-state index contributed by atoms with van der Waals surface area (Å²) in [5.74, 6) is 0.508. The summed E-state index contributed by atoms with van der Waals surface area (Å²) < 4.78 is 0.653. The van der Waals surface area contributed by atoms with Crippen molar-refractivity contribution >= 4 is 27.7 Å². The van der Waals surface area contributed by atoms with Crippen LogP contribution in [-0.2, 0) is 4.79 Å². The molecule has 1 aromatic rings. The van der Waals surface area contributed by atoms with Crippen LogP contribution in [0.4, 0.5) is 0 Å². The number of piperidine rings is 1. The number of likely N-dealkylation sites (tertiary alicyclic amines) is 1. The van der Waals surface area contributed by atoms with Gasteiger partial charge in [-0.1, -0.05) is 0 Å². The number of aromatic nitrogens is 1. The monoisotopic (exact) mass is 351 g/mol. The zero-order valence-electron chi connectivity index (χ0n) is 11.7. The standard InChI is InChI=1S/C15H18BrN3O2/c16-13-9-11(3-6-17-13)14(20)18-12-4-7-19(8-5-12)15(21)10-1-2-10/h3,6,9-10,12H,1-2,4-5,7-8H2,(H,18,20). The minimum Gasteiger partial charge on any atom is -0.349 e. The summed E-state index contributed by atoms with van der Waals surface area (Å²) in [6.07, 6.45) is 5.36. The molecule has 0 unspecified atom stereocenters. The highest BCUT2D eigenvalue weighted by Gasteiger charge is 2.35. The van der Waals surface area contributed by atoms with Crippen LogP contribution in [0.2, 0.25) is 0 Å². The van der Waals surface area contributed by atoms with Crippen molar-refractivity contribution in [3.63, 3.8) is 0 Å². The molecular formula is C15H18BrN3O2. The Labute approximate surface area is 132 Å². The lowest BCUT2D eigenvalue weighted by molar-refractivity contribution is -0.133. The first-order valence-corrected chi connectivity index (χ1v) is 8.14. The smallest absolute Gasteiger partial charge is 0.251 e. The summed E-state index contributed by atoms with van der Waals surface area (Å²) in [6, 6.07) is 3.56. The number of nitrogens with one attached hydrogen (secondary N) is 1. The van der Waals surface area contributed by atoms with Crippen LogP contribution < -0.4 is 5.32 Å². The minimum atomic E-state index is -0.0786. The molecule has 1 saturated carbocycles. The van der Waals surface area contributed by atoms with Gasteiger partial charge in [-0.05, 0) is 53.7 Å². The Bertz CT molecular complexity index is 552. The Morgan fingerprint density at radius 1 is 1.24 bits per heavy atom. The molecule has 1 saturated heterocycles. The van der Waals surface area contributed by atoms with E-state index in [0.29, 0.717) is 16.1 Å². The van der Waals surface area contributed by atoms with E-state index in [1.54, 1.807) is 18.3 Å². The van der Waals surface area contributed by atoms with Gasteiger partial charge >= 0.3 is 0 Å². The Kier molecular flexibility index (Phi) is 4.24. The van der Waals surface area contributed by atoms with Gasteiger partial charge in [0.1, 0.15) is 4.60 Å². The average molecular weight is 352 g/mol. The van der Waals surface area contributed by atoms with Gasteiger partial charge in [0.05, 0.1) is 0 Å². The molecule has 0 radical (unpaired) electrons. The van der Waals surface area contributed by atoms with Crippen LogP contribution in [0.1, 0.15) is 36.0 Å². The van der Waals surface area contributed by atoms with Crippen LogP contribution in [-0.4, -0.2) is 40.8 Å². The van der Waals surface area contributed by atoms with Gasteiger partial charge in [0.15, 0.2) is 0 Å². The first-order valence-electron chi connectivity index (χ1n) is 7.34. The molecule has 2 aliphatic rings. The summed E-state index contributed by atoms with van der Waals surface area (Å²) in [7, 11) is 0. The van der Waals surface area contributed by atoms with Crippen molar-refractivity contribution < 1.29 is 9.59 Å². The van der Waals surface area contributed by atoms with Crippen molar-refractivity contribution in [2.75, 3.05) is 13.1 Å². The van der Waals surface area contributed by atoms with Crippen LogP contribution in [0, 0.1) is 5.92 Å². The Hall–Kier alpha value is -1.43. The summed E-state index contributed by atoms with van der Waals surface area (Å²) >= 11 is 3.26. The van der Waals surface area contributed by atoms with Gasteiger partial charge in [-0.25, -0.2) is 4.98 Å². The maximum atomic E-state index is 12.2. The largest absolute Gasteiger partial charge is 0.349 e. The van der Waals surface area contributed by atoms with E-state index in [9.17, 15) is 9.59 Å². The zero-order chi connectivity index (χ0) is 14.8. The van der Waals surface area contributed by atoms with Gasteiger partial charge in [0.2, 0.25) is 5.91 Å². The van der Waals surface area contributed by atoms with E-state index >= 15 is 0 Å². The van der Waals surface area contributed by atoms with Crippen molar-refractivity contribution in [1.29, 1.82) is 0 Å². The highest BCUT2D eigenvalue weighted by molar-refractivity contribution is 9.10. The number of pyridine rings is 1. The molecule has 2 amide bonds. The molecule has 0 bridgehead atoms. The number of halogens is 1. The molecule has 2 heterocycles. The summed E-state index contributed by atoms with van der Waals surface area (Å²) in [4.78, 5) is 30.1. The van der Waals surface area contributed by atoms with Gasteiger partial charge in [-0.3, -0.25) is 9.59 Å². The molecule has 6 heteroatoms. The molecule has 0 aromatic carbocycles. The van der Waals surface area contributed by atoms with E-state index in [1.807, 2.05) is 4.90 Å². The molecule has 0 spiro atoms. The lowest BCUT2D eigenvalue weighted by Crippen LogP contribution is -2.47. The maximum Gasteiger partial charge on any atom is 0.251 e. The predicted octanol–water partition coefficient (Wildman–Crippen LogP) is 1.97. The number of amides is 2. The molecule has 112 valence electrons. The number of rotatable bonds is 3. The van der Waals surface area contributed by atoms with Crippen LogP contribution in [0.25, 0.3) is 0 Å². The Morgan fingerprint density at radius 3 is 2.57 bits per heavy atom. The Balaban J connectivity index is 1.50. The van der Waals surface area contributed by atoms with Crippen LogP contribution in [0.5, 0.6) is 0 Å². The number of hydrogen-bond acceptors (Lipinski definition) is 3. The van der Waals surface area contributed by atoms with Gasteiger partial charge in [0, 0.05) is 36.8 Å². The quantitative estimate of drug-likeness (QED) is 0.847. The normalized spacial score (nSPS) is 19.4. The molecule has 1 aliphatic carbocycles. The van der Waals surface area contributed by atoms with Crippen molar-refractivity contribution in [2.45, 2.75) is 31.7 Å². The highest BCUT2D eigenvalue weighted by atomic mass is 79.9. The average Bonchev–Trinajstić information content (AvgIpc) is 3.32. The molecule has 5 nitrogen and oxygen atoms in total. The lowest BCUT2D eigenvalue weighted by atomic mass is 10.0. The lowest BCUT2D eigenvalue weighted by Gasteiger charge is -2.32. The fraction of sp³-hybridized carbons (Fsp3) is 0.533. The number of carbonyl (C=O) groups is 2. The molecule has 3 rings (SSSR count). The third-order valence-electron chi connectivity index (χ3n) is 4.06. The predicted molar refractivity (Wildman–Crippen MR) is 81.7 cm³/mol. The molecule has 2 fully saturated rings. The maximum absolute atomic E-state index is 12.2.